The fourth-order valence-corrected chi connectivity index (χ4v) is 7.03. The summed E-state index contributed by atoms with van der Waals surface area (Å²) in [6.45, 7) is 17.2. The van der Waals surface area contributed by atoms with Crippen LogP contribution >= 0.6 is 0 Å². The number of anilines is 1. The molecule has 6 rings (SSSR count). The van der Waals surface area contributed by atoms with E-state index in [1.165, 1.54) is 63.7 Å². The highest BCUT2D eigenvalue weighted by molar-refractivity contribution is 6.04. The Morgan fingerprint density at radius 3 is 2.21 bits per heavy atom. The summed E-state index contributed by atoms with van der Waals surface area (Å²) in [4.78, 5) is 2.52. The van der Waals surface area contributed by atoms with Crippen LogP contribution in [0.15, 0.2) is 109 Å². The lowest BCUT2D eigenvalue weighted by molar-refractivity contribution is 0.149. The molecule has 0 N–H and O–H groups in total. The van der Waals surface area contributed by atoms with Crippen LogP contribution in [0.3, 0.4) is 0 Å². The van der Waals surface area contributed by atoms with Crippen molar-refractivity contribution in [3.05, 3.63) is 142 Å². The van der Waals surface area contributed by atoms with Gasteiger partial charge in [-0.1, -0.05) is 90.5 Å². The van der Waals surface area contributed by atoms with Crippen LogP contribution in [0.4, 0.5) is 5.69 Å². The minimum Gasteiger partial charge on any atom is -0.472 e. The highest BCUT2D eigenvalue weighted by Gasteiger charge is 2.43. The van der Waals surface area contributed by atoms with Gasteiger partial charge in [0.15, 0.2) is 5.60 Å². The molecule has 1 saturated heterocycles. The molecule has 0 aromatic heterocycles. The van der Waals surface area contributed by atoms with E-state index >= 15 is 0 Å². The van der Waals surface area contributed by atoms with Crippen molar-refractivity contribution in [3.63, 3.8) is 0 Å². The van der Waals surface area contributed by atoms with Crippen molar-refractivity contribution in [1.82, 2.24) is 0 Å². The quantitative estimate of drug-likeness (QED) is 0.216. The molecule has 0 aliphatic carbocycles. The molecule has 2 aliphatic heterocycles. The van der Waals surface area contributed by atoms with Gasteiger partial charge in [-0.25, -0.2) is 0 Å². The van der Waals surface area contributed by atoms with Gasteiger partial charge in [-0.3, -0.25) is 0 Å². The first kappa shape index (κ1) is 28.8. The van der Waals surface area contributed by atoms with Crippen LogP contribution in [0.2, 0.25) is 0 Å². The largest absolute Gasteiger partial charge is 0.472 e. The zero-order chi connectivity index (χ0) is 30.1. The molecular weight excluding hydrogens is 522 g/mol. The van der Waals surface area contributed by atoms with E-state index in [1.807, 2.05) is 12.2 Å². The van der Waals surface area contributed by atoms with Crippen LogP contribution in [0.1, 0.15) is 73.4 Å². The standard InChI is InChI=1S/C41H43NO/c1-7-8-17-35(28(2)3)39-31(6)37-27-30(5)41(32-15-11-9-12-16-32,43-40(37)38-26-29(4)18-23-36(38)39)33-19-21-34(22-20-33)42-24-13-10-14-25-42/h7-9,11-12,15-23,26-27H,1,10,13-14,24-25H2,2-6H3/b17-8-. The van der Waals surface area contributed by atoms with Crippen LogP contribution < -0.4 is 9.64 Å². The summed E-state index contributed by atoms with van der Waals surface area (Å²) in [6, 6.07) is 26.7. The van der Waals surface area contributed by atoms with Gasteiger partial charge >= 0.3 is 0 Å². The van der Waals surface area contributed by atoms with Gasteiger partial charge in [0.05, 0.1) is 0 Å². The maximum Gasteiger partial charge on any atom is 0.180 e. The van der Waals surface area contributed by atoms with Crippen molar-refractivity contribution in [1.29, 1.82) is 0 Å². The number of rotatable bonds is 6. The number of fused-ring (bicyclic) bond motifs is 3. The molecule has 218 valence electrons. The smallest absolute Gasteiger partial charge is 0.180 e. The van der Waals surface area contributed by atoms with Gasteiger partial charge in [-0.05, 0) is 106 Å². The fraction of sp³-hybridized carbons (Fsp3) is 0.268. The van der Waals surface area contributed by atoms with Crippen molar-refractivity contribution >= 4 is 28.1 Å². The topological polar surface area (TPSA) is 12.5 Å². The molecule has 43 heavy (non-hydrogen) atoms. The van der Waals surface area contributed by atoms with Gasteiger partial charge in [0.25, 0.3) is 0 Å². The highest BCUT2D eigenvalue weighted by Crippen LogP contribution is 2.51. The van der Waals surface area contributed by atoms with Crippen LogP contribution in [0.5, 0.6) is 5.75 Å². The Morgan fingerprint density at radius 2 is 1.53 bits per heavy atom. The van der Waals surface area contributed by atoms with Crippen molar-refractivity contribution in [2.75, 3.05) is 18.0 Å². The van der Waals surface area contributed by atoms with Crippen molar-refractivity contribution in [2.45, 2.75) is 59.5 Å². The minimum atomic E-state index is -0.735. The monoisotopic (exact) mass is 565 g/mol. The molecule has 1 atom stereocenters. The predicted octanol–water partition coefficient (Wildman–Crippen LogP) is 10.7. The number of piperidine rings is 1. The first-order valence-corrected chi connectivity index (χ1v) is 15.7. The van der Waals surface area contributed by atoms with Crippen molar-refractivity contribution in [3.8, 4) is 5.75 Å². The summed E-state index contributed by atoms with van der Waals surface area (Å²) in [5, 5.41) is 2.36. The Kier molecular flexibility index (Phi) is 7.88. The molecule has 0 radical (unpaired) electrons. The molecule has 1 unspecified atom stereocenters. The van der Waals surface area contributed by atoms with Crippen LogP contribution in [0, 0.1) is 13.8 Å². The summed E-state index contributed by atoms with van der Waals surface area (Å²) >= 11 is 0. The Balaban J connectivity index is 1.60. The predicted molar refractivity (Wildman–Crippen MR) is 185 cm³/mol. The Hall–Kier alpha value is -4.30. The number of ether oxygens (including phenoxy) is 1. The fourth-order valence-electron chi connectivity index (χ4n) is 7.03. The van der Waals surface area contributed by atoms with E-state index in [4.69, 9.17) is 4.74 Å². The first-order valence-electron chi connectivity index (χ1n) is 15.7. The molecule has 4 aromatic rings. The lowest BCUT2D eigenvalue weighted by Crippen LogP contribution is -2.38. The number of hydrogen-bond acceptors (Lipinski definition) is 2. The van der Waals surface area contributed by atoms with Crippen LogP contribution in [-0.4, -0.2) is 13.1 Å². The van der Waals surface area contributed by atoms with E-state index < -0.39 is 5.60 Å². The number of hydrogen-bond donors (Lipinski definition) is 0. The molecule has 0 bridgehead atoms. The Morgan fingerprint density at radius 1 is 0.837 bits per heavy atom. The van der Waals surface area contributed by atoms with Gasteiger partial charge in [0.1, 0.15) is 5.75 Å². The SMILES string of the molecule is C=C/C=C\C(=C(C)C)c1c(C)c2c(c3cc(C)ccc13)OC(c1ccccc1)(c1ccc(N3CCCCC3)cc1)C(C)=C2. The minimum absolute atomic E-state index is 0.735. The maximum absolute atomic E-state index is 7.48. The van der Waals surface area contributed by atoms with E-state index in [0.717, 1.165) is 40.9 Å². The third-order valence-electron chi connectivity index (χ3n) is 9.27. The zero-order valence-corrected chi connectivity index (χ0v) is 26.3. The molecule has 1 fully saturated rings. The summed E-state index contributed by atoms with van der Waals surface area (Å²) in [5.74, 6) is 0.954. The summed E-state index contributed by atoms with van der Waals surface area (Å²) in [7, 11) is 0. The van der Waals surface area contributed by atoms with Gasteiger partial charge in [0.2, 0.25) is 0 Å². The van der Waals surface area contributed by atoms with Crippen LogP contribution in [0.25, 0.3) is 22.4 Å². The number of nitrogens with zero attached hydrogens (tertiary/aromatic N) is 1. The zero-order valence-electron chi connectivity index (χ0n) is 26.3. The number of aryl methyl sites for hydroxylation is 1. The van der Waals surface area contributed by atoms with Gasteiger partial charge < -0.3 is 9.64 Å². The van der Waals surface area contributed by atoms with Crippen LogP contribution in [-0.2, 0) is 5.60 Å². The Labute approximate surface area is 257 Å². The molecule has 4 aromatic carbocycles. The summed E-state index contributed by atoms with van der Waals surface area (Å²) in [6.07, 6.45) is 12.3. The third kappa shape index (κ3) is 5.03. The first-order chi connectivity index (χ1) is 20.8. The van der Waals surface area contributed by atoms with E-state index in [2.05, 4.69) is 131 Å². The van der Waals surface area contributed by atoms with E-state index in [-0.39, 0.29) is 0 Å². The second kappa shape index (κ2) is 11.8. The second-order valence-corrected chi connectivity index (χ2v) is 12.4. The molecule has 0 saturated carbocycles. The number of allylic oxidation sites excluding steroid dienone is 5. The van der Waals surface area contributed by atoms with Crippen molar-refractivity contribution in [2.24, 2.45) is 0 Å². The summed E-state index contributed by atoms with van der Waals surface area (Å²) in [5.41, 5.74) is 11.4. The average molecular weight is 566 g/mol. The van der Waals surface area contributed by atoms with E-state index in [9.17, 15) is 0 Å². The molecule has 0 amide bonds. The van der Waals surface area contributed by atoms with Gasteiger partial charge in [-0.2, -0.15) is 0 Å². The normalized spacial score (nSPS) is 18.3. The third-order valence-corrected chi connectivity index (χ3v) is 9.27. The highest BCUT2D eigenvalue weighted by atomic mass is 16.5. The van der Waals surface area contributed by atoms with E-state index in [0.29, 0.717) is 0 Å². The number of benzene rings is 4. The molecule has 2 heteroatoms. The lowest BCUT2D eigenvalue weighted by Gasteiger charge is -2.41. The van der Waals surface area contributed by atoms with Crippen molar-refractivity contribution < 1.29 is 4.74 Å². The Bertz CT molecular complexity index is 1760. The molecule has 2 aliphatic rings. The second-order valence-electron chi connectivity index (χ2n) is 12.4. The van der Waals surface area contributed by atoms with Gasteiger partial charge in [-0.15, -0.1) is 0 Å². The van der Waals surface area contributed by atoms with Gasteiger partial charge in [0, 0.05) is 40.9 Å². The summed E-state index contributed by atoms with van der Waals surface area (Å²) < 4.78 is 7.48. The molecule has 2 nitrogen and oxygen atoms in total. The van der Waals surface area contributed by atoms with E-state index in [1.54, 1.807) is 0 Å². The molecule has 0 spiro atoms. The average Bonchev–Trinajstić information content (AvgIpc) is 3.03. The molecular formula is C41H43NO. The lowest BCUT2D eigenvalue weighted by atomic mass is 9.76. The maximum atomic E-state index is 7.48. The molecule has 2 heterocycles.